The highest BCUT2D eigenvalue weighted by molar-refractivity contribution is 6.35. The van der Waals surface area contributed by atoms with Crippen molar-refractivity contribution in [3.8, 4) is 0 Å². The quantitative estimate of drug-likeness (QED) is 0.516. The molecule has 0 radical (unpaired) electrons. The molecule has 2 aromatic heterocycles. The number of anilines is 1. The Bertz CT molecular complexity index is 1200. The minimum absolute atomic E-state index is 0.127. The van der Waals surface area contributed by atoms with Crippen LogP contribution in [0.3, 0.4) is 0 Å². The summed E-state index contributed by atoms with van der Waals surface area (Å²) < 4.78 is 1.90. The van der Waals surface area contributed by atoms with Crippen LogP contribution in [-0.2, 0) is 0 Å². The van der Waals surface area contributed by atoms with Crippen LogP contribution in [0.1, 0.15) is 50.4 Å². The molecule has 4 unspecified atom stereocenters. The van der Waals surface area contributed by atoms with E-state index >= 15 is 0 Å². The van der Waals surface area contributed by atoms with E-state index in [4.69, 9.17) is 38.3 Å². The Morgan fingerprint density at radius 3 is 2.74 bits per heavy atom. The minimum atomic E-state index is -0.127. The Hall–Kier alpha value is -1.93. The van der Waals surface area contributed by atoms with E-state index in [1.54, 1.807) is 6.07 Å². The van der Waals surface area contributed by atoms with Gasteiger partial charge in [-0.1, -0.05) is 36.2 Å². The van der Waals surface area contributed by atoms with Crippen LogP contribution in [0.2, 0.25) is 10.0 Å². The second kappa shape index (κ2) is 10.2. The van der Waals surface area contributed by atoms with Crippen molar-refractivity contribution in [2.75, 3.05) is 37.7 Å². The molecule has 35 heavy (non-hydrogen) atoms. The average Bonchev–Trinajstić information content (AvgIpc) is 3.19. The van der Waals surface area contributed by atoms with Crippen molar-refractivity contribution in [2.45, 2.75) is 52.1 Å². The van der Waals surface area contributed by atoms with Gasteiger partial charge in [0.05, 0.1) is 17.9 Å². The molecule has 5 rings (SSSR count). The van der Waals surface area contributed by atoms with Crippen LogP contribution < -0.4 is 4.90 Å². The highest BCUT2D eigenvalue weighted by atomic mass is 35.5. The zero-order valence-corrected chi connectivity index (χ0v) is 22.2. The number of hydrogen-bond donors (Lipinski definition) is 1. The predicted molar refractivity (Wildman–Crippen MR) is 141 cm³/mol. The van der Waals surface area contributed by atoms with E-state index in [9.17, 15) is 5.11 Å². The van der Waals surface area contributed by atoms with E-state index in [-0.39, 0.29) is 18.6 Å². The lowest BCUT2D eigenvalue weighted by Crippen LogP contribution is -2.54. The first-order valence-electron chi connectivity index (χ1n) is 12.6. The second-order valence-electron chi connectivity index (χ2n) is 10.3. The highest BCUT2D eigenvalue weighted by Crippen LogP contribution is 2.32. The molecular formula is C26H34Cl2N6O. The molecule has 2 fully saturated rings. The number of rotatable bonds is 5. The van der Waals surface area contributed by atoms with Gasteiger partial charge in [0.15, 0.2) is 5.65 Å². The fourth-order valence-corrected chi connectivity index (χ4v) is 6.42. The van der Waals surface area contributed by atoms with Crippen molar-refractivity contribution in [2.24, 2.45) is 11.8 Å². The van der Waals surface area contributed by atoms with Crippen molar-refractivity contribution < 1.29 is 5.11 Å². The molecule has 0 bridgehead atoms. The van der Waals surface area contributed by atoms with Crippen molar-refractivity contribution in [1.29, 1.82) is 0 Å². The van der Waals surface area contributed by atoms with Crippen LogP contribution in [0.15, 0.2) is 24.4 Å². The van der Waals surface area contributed by atoms with Crippen molar-refractivity contribution in [3.05, 3.63) is 45.7 Å². The summed E-state index contributed by atoms with van der Waals surface area (Å²) in [6, 6.07) is 5.84. The second-order valence-corrected chi connectivity index (χ2v) is 11.1. The predicted octanol–water partition coefficient (Wildman–Crippen LogP) is 4.97. The van der Waals surface area contributed by atoms with Gasteiger partial charge in [0.2, 0.25) is 0 Å². The Morgan fingerprint density at radius 1 is 1.17 bits per heavy atom. The fraction of sp³-hybridized carbons (Fsp3) is 0.577. The highest BCUT2D eigenvalue weighted by Gasteiger charge is 2.35. The Labute approximate surface area is 217 Å². The standard InChI is InChI=1S/C26H34Cl2N6O/c1-16-5-4-9-32(13-16)23-8-10-33(14-19(23)15-35)24-12-29-25-17(2)31-34(26(25)30-24)18(3)21-7-6-20(27)11-22(21)28/h6-7,11-12,16,18-19,23,35H,4-5,8-10,13-15H2,1-3H3. The number of benzene rings is 1. The molecule has 188 valence electrons. The first-order chi connectivity index (χ1) is 16.9. The van der Waals surface area contributed by atoms with Crippen molar-refractivity contribution in [1.82, 2.24) is 24.6 Å². The topological polar surface area (TPSA) is 70.3 Å². The Kier molecular flexibility index (Phi) is 7.22. The van der Waals surface area contributed by atoms with Gasteiger partial charge in [-0.25, -0.2) is 14.6 Å². The summed E-state index contributed by atoms with van der Waals surface area (Å²) in [5, 5.41) is 16.2. The lowest BCUT2D eigenvalue weighted by atomic mass is 9.88. The zero-order valence-electron chi connectivity index (χ0n) is 20.7. The molecule has 7 nitrogen and oxygen atoms in total. The van der Waals surface area contributed by atoms with Crippen LogP contribution in [0.25, 0.3) is 11.2 Å². The van der Waals surface area contributed by atoms with Gasteiger partial charge in [-0.15, -0.1) is 0 Å². The maximum absolute atomic E-state index is 10.3. The summed E-state index contributed by atoms with van der Waals surface area (Å²) in [5.41, 5.74) is 3.30. The molecule has 3 aromatic rings. The van der Waals surface area contributed by atoms with Gasteiger partial charge >= 0.3 is 0 Å². The molecule has 0 spiro atoms. The monoisotopic (exact) mass is 516 g/mol. The lowest BCUT2D eigenvalue weighted by Gasteiger charge is -2.46. The summed E-state index contributed by atoms with van der Waals surface area (Å²) in [6.45, 7) is 10.5. The number of aromatic nitrogens is 4. The first-order valence-corrected chi connectivity index (χ1v) is 13.4. The summed E-state index contributed by atoms with van der Waals surface area (Å²) in [5.74, 6) is 1.76. The van der Waals surface area contributed by atoms with E-state index in [1.165, 1.54) is 12.8 Å². The molecule has 1 N–H and O–H groups in total. The van der Waals surface area contributed by atoms with Crippen LogP contribution in [0.4, 0.5) is 5.82 Å². The molecule has 9 heteroatoms. The SMILES string of the molecule is Cc1nn(C(C)c2ccc(Cl)cc2Cl)c2nc(N3CCC(N4CCCC(C)C4)C(CO)C3)cnc12. The molecule has 2 saturated heterocycles. The molecule has 4 heterocycles. The van der Waals surface area contributed by atoms with Gasteiger partial charge in [-0.05, 0) is 63.3 Å². The fourth-order valence-electron chi connectivity index (χ4n) is 5.85. The van der Waals surface area contributed by atoms with Gasteiger partial charge in [0.25, 0.3) is 0 Å². The molecule has 0 saturated carbocycles. The molecule has 1 aromatic carbocycles. The third kappa shape index (κ3) is 4.88. The van der Waals surface area contributed by atoms with Crippen LogP contribution >= 0.6 is 23.2 Å². The molecular weight excluding hydrogens is 483 g/mol. The molecule has 0 amide bonds. The number of hydrogen-bond acceptors (Lipinski definition) is 6. The third-order valence-corrected chi connectivity index (χ3v) is 8.31. The summed E-state index contributed by atoms with van der Waals surface area (Å²) in [6.07, 6.45) is 5.42. The number of fused-ring (bicyclic) bond motifs is 1. The first kappa shape index (κ1) is 24.8. The number of halogens is 2. The lowest BCUT2D eigenvalue weighted by molar-refractivity contribution is 0.0524. The van der Waals surface area contributed by atoms with Crippen LogP contribution in [0.5, 0.6) is 0 Å². The van der Waals surface area contributed by atoms with Gasteiger partial charge < -0.3 is 10.0 Å². The molecule has 0 aliphatic carbocycles. The van der Waals surface area contributed by atoms with Crippen LogP contribution in [-0.4, -0.2) is 68.6 Å². The third-order valence-electron chi connectivity index (χ3n) is 7.75. The summed E-state index contributed by atoms with van der Waals surface area (Å²) in [7, 11) is 0. The van der Waals surface area contributed by atoms with Gasteiger partial charge in [-0.2, -0.15) is 5.10 Å². The number of aliphatic hydroxyl groups excluding tert-OH is 1. The van der Waals surface area contributed by atoms with E-state index in [2.05, 4.69) is 23.6 Å². The molecule has 2 aliphatic heterocycles. The zero-order chi connectivity index (χ0) is 24.7. The maximum Gasteiger partial charge on any atom is 0.179 e. The van der Waals surface area contributed by atoms with Gasteiger partial charge in [0.1, 0.15) is 11.3 Å². The van der Waals surface area contributed by atoms with Gasteiger partial charge in [0, 0.05) is 48.2 Å². The Balaban J connectivity index is 1.41. The van der Waals surface area contributed by atoms with E-state index < -0.39 is 0 Å². The number of nitrogens with zero attached hydrogens (tertiary/aromatic N) is 6. The van der Waals surface area contributed by atoms with Crippen molar-refractivity contribution in [3.63, 3.8) is 0 Å². The summed E-state index contributed by atoms with van der Waals surface area (Å²) in [4.78, 5) is 14.7. The van der Waals surface area contributed by atoms with E-state index in [0.29, 0.717) is 16.1 Å². The van der Waals surface area contributed by atoms with Crippen LogP contribution in [0, 0.1) is 18.8 Å². The number of aryl methyl sites for hydroxylation is 1. The number of piperidine rings is 2. The smallest absolute Gasteiger partial charge is 0.179 e. The summed E-state index contributed by atoms with van der Waals surface area (Å²) >= 11 is 12.6. The van der Waals surface area contributed by atoms with E-state index in [1.807, 2.05) is 29.9 Å². The minimum Gasteiger partial charge on any atom is -0.396 e. The normalized spacial score (nSPS) is 24.7. The molecule has 2 aliphatic rings. The number of likely N-dealkylation sites (tertiary alicyclic amines) is 1. The number of aliphatic hydroxyl groups is 1. The van der Waals surface area contributed by atoms with E-state index in [0.717, 1.165) is 66.8 Å². The van der Waals surface area contributed by atoms with Gasteiger partial charge in [-0.3, -0.25) is 4.90 Å². The largest absolute Gasteiger partial charge is 0.396 e. The maximum atomic E-state index is 10.3. The molecule has 4 atom stereocenters. The Morgan fingerprint density at radius 2 is 2.00 bits per heavy atom. The van der Waals surface area contributed by atoms with Crippen molar-refractivity contribution >= 4 is 40.2 Å². The average molecular weight is 518 g/mol.